The van der Waals surface area contributed by atoms with Gasteiger partial charge in [0.2, 0.25) is 5.75 Å². The Morgan fingerprint density at radius 2 is 1.58 bits per heavy atom. The van der Waals surface area contributed by atoms with Crippen LogP contribution in [0.15, 0.2) is 36.4 Å². The van der Waals surface area contributed by atoms with Crippen molar-refractivity contribution in [3.8, 4) is 23.0 Å². The van der Waals surface area contributed by atoms with Gasteiger partial charge in [0.05, 0.1) is 26.4 Å². The summed E-state index contributed by atoms with van der Waals surface area (Å²) >= 11 is 5.97. The van der Waals surface area contributed by atoms with Crippen LogP contribution in [0.2, 0.25) is 5.02 Å². The van der Waals surface area contributed by atoms with Crippen LogP contribution in [0.5, 0.6) is 23.0 Å². The highest BCUT2D eigenvalue weighted by atomic mass is 35.5. The minimum absolute atomic E-state index is 0.198. The van der Waals surface area contributed by atoms with Gasteiger partial charge in [-0.1, -0.05) is 23.7 Å². The van der Waals surface area contributed by atoms with Crippen molar-refractivity contribution in [1.82, 2.24) is 0 Å². The van der Waals surface area contributed by atoms with E-state index in [1.165, 1.54) is 0 Å². The zero-order valence-electron chi connectivity index (χ0n) is 13.8. The van der Waals surface area contributed by atoms with Gasteiger partial charge in [-0.2, -0.15) is 0 Å². The van der Waals surface area contributed by atoms with E-state index in [1.807, 2.05) is 12.1 Å². The molecule has 2 aromatic rings. The molecule has 0 saturated carbocycles. The molecule has 0 aromatic heterocycles. The van der Waals surface area contributed by atoms with Gasteiger partial charge in [-0.25, -0.2) is 0 Å². The molecule has 0 heterocycles. The number of hydrogen-bond donors (Lipinski definition) is 0. The Bertz CT molecular complexity index is 689. The summed E-state index contributed by atoms with van der Waals surface area (Å²) in [5, 5.41) is 0.402. The molecular formula is C18H19ClO5. The van der Waals surface area contributed by atoms with Crippen LogP contribution in [0.25, 0.3) is 0 Å². The second kappa shape index (κ2) is 8.45. The summed E-state index contributed by atoms with van der Waals surface area (Å²) < 4.78 is 21.1. The maximum absolute atomic E-state index is 12.0. The first-order valence-electron chi connectivity index (χ1n) is 7.33. The highest BCUT2D eigenvalue weighted by Crippen LogP contribution is 2.38. The van der Waals surface area contributed by atoms with Crippen LogP contribution < -0.4 is 18.9 Å². The van der Waals surface area contributed by atoms with Gasteiger partial charge in [-0.05, 0) is 36.2 Å². The van der Waals surface area contributed by atoms with E-state index in [0.717, 1.165) is 5.56 Å². The molecule has 0 spiro atoms. The molecule has 0 radical (unpaired) electrons. The lowest BCUT2D eigenvalue weighted by Gasteiger charge is -2.14. The Balaban J connectivity index is 2.06. The number of ether oxygens (including phenoxy) is 4. The van der Waals surface area contributed by atoms with Gasteiger partial charge in [-0.3, -0.25) is 4.79 Å². The van der Waals surface area contributed by atoms with Gasteiger partial charge < -0.3 is 18.9 Å². The highest BCUT2D eigenvalue weighted by molar-refractivity contribution is 6.32. The fourth-order valence-corrected chi connectivity index (χ4v) is 2.40. The average Bonchev–Trinajstić information content (AvgIpc) is 2.60. The van der Waals surface area contributed by atoms with Gasteiger partial charge in [0, 0.05) is 6.42 Å². The van der Waals surface area contributed by atoms with E-state index in [-0.39, 0.29) is 12.4 Å². The van der Waals surface area contributed by atoms with E-state index >= 15 is 0 Å². The minimum atomic E-state index is -0.364. The zero-order valence-corrected chi connectivity index (χ0v) is 14.6. The van der Waals surface area contributed by atoms with Crippen molar-refractivity contribution in [3.05, 3.63) is 47.0 Å². The van der Waals surface area contributed by atoms with E-state index in [2.05, 4.69) is 0 Å². The summed E-state index contributed by atoms with van der Waals surface area (Å²) in [7, 11) is 4.64. The molecule has 6 heteroatoms. The lowest BCUT2D eigenvalue weighted by atomic mass is 10.1. The molecule has 0 atom stereocenters. The molecule has 2 rings (SSSR count). The molecule has 0 bridgehead atoms. The summed E-state index contributed by atoms with van der Waals surface area (Å²) in [4.78, 5) is 12.0. The van der Waals surface area contributed by atoms with Crippen LogP contribution in [-0.4, -0.2) is 27.3 Å². The van der Waals surface area contributed by atoms with Crippen molar-refractivity contribution >= 4 is 17.6 Å². The van der Waals surface area contributed by atoms with E-state index in [0.29, 0.717) is 34.4 Å². The van der Waals surface area contributed by atoms with Crippen LogP contribution in [0.3, 0.4) is 0 Å². The summed E-state index contributed by atoms with van der Waals surface area (Å²) in [6.07, 6.45) is 0.670. The van der Waals surface area contributed by atoms with Crippen molar-refractivity contribution in [2.45, 2.75) is 12.8 Å². The summed E-state index contributed by atoms with van der Waals surface area (Å²) in [6.45, 7) is 0. The van der Waals surface area contributed by atoms with Crippen molar-refractivity contribution in [1.29, 1.82) is 0 Å². The molecule has 24 heavy (non-hydrogen) atoms. The van der Waals surface area contributed by atoms with Crippen molar-refractivity contribution < 1.29 is 23.7 Å². The fourth-order valence-electron chi connectivity index (χ4n) is 2.23. The molecular weight excluding hydrogens is 332 g/mol. The second-order valence-corrected chi connectivity index (χ2v) is 5.35. The standard InChI is InChI=1S/C18H19ClO5/c1-21-15-10-12(11-16(22-2)18(15)23-3)8-9-17(20)24-14-7-5-4-6-13(14)19/h4-7,10-11H,8-9H2,1-3H3. The maximum Gasteiger partial charge on any atom is 0.311 e. The molecule has 0 aliphatic rings. The highest BCUT2D eigenvalue weighted by Gasteiger charge is 2.14. The Morgan fingerprint density at radius 1 is 0.958 bits per heavy atom. The lowest BCUT2D eigenvalue weighted by molar-refractivity contribution is -0.134. The van der Waals surface area contributed by atoms with Crippen LogP contribution in [-0.2, 0) is 11.2 Å². The van der Waals surface area contributed by atoms with Crippen molar-refractivity contribution in [3.63, 3.8) is 0 Å². The molecule has 2 aromatic carbocycles. The number of hydrogen-bond acceptors (Lipinski definition) is 5. The first kappa shape index (κ1) is 17.9. The van der Waals surface area contributed by atoms with Gasteiger partial charge >= 0.3 is 5.97 Å². The van der Waals surface area contributed by atoms with Crippen LogP contribution in [0.1, 0.15) is 12.0 Å². The van der Waals surface area contributed by atoms with Gasteiger partial charge in [0.15, 0.2) is 11.5 Å². The molecule has 0 aliphatic heterocycles. The molecule has 0 unspecified atom stereocenters. The van der Waals surface area contributed by atoms with Gasteiger partial charge in [0.25, 0.3) is 0 Å². The normalized spacial score (nSPS) is 10.2. The van der Waals surface area contributed by atoms with E-state index < -0.39 is 0 Å². The van der Waals surface area contributed by atoms with Gasteiger partial charge in [-0.15, -0.1) is 0 Å². The molecule has 0 aliphatic carbocycles. The number of aryl methyl sites for hydroxylation is 1. The number of para-hydroxylation sites is 1. The smallest absolute Gasteiger partial charge is 0.311 e. The van der Waals surface area contributed by atoms with Gasteiger partial charge in [0.1, 0.15) is 5.75 Å². The maximum atomic E-state index is 12.0. The topological polar surface area (TPSA) is 54.0 Å². The summed E-state index contributed by atoms with van der Waals surface area (Å²) in [5.74, 6) is 1.60. The fraction of sp³-hybridized carbons (Fsp3) is 0.278. The Hall–Kier alpha value is -2.40. The van der Waals surface area contributed by atoms with Crippen molar-refractivity contribution in [2.24, 2.45) is 0 Å². The first-order valence-corrected chi connectivity index (χ1v) is 7.71. The summed E-state index contributed by atoms with van der Waals surface area (Å²) in [5.41, 5.74) is 0.876. The quantitative estimate of drug-likeness (QED) is 0.560. The third-order valence-electron chi connectivity index (χ3n) is 3.40. The average molecular weight is 351 g/mol. The van der Waals surface area contributed by atoms with Crippen molar-refractivity contribution in [2.75, 3.05) is 21.3 Å². The molecule has 128 valence electrons. The second-order valence-electron chi connectivity index (χ2n) is 4.94. The SMILES string of the molecule is COc1cc(CCC(=O)Oc2ccccc2Cl)cc(OC)c1OC. The van der Waals surface area contributed by atoms with E-state index in [4.69, 9.17) is 30.5 Å². The first-order chi connectivity index (χ1) is 11.6. The van der Waals surface area contributed by atoms with E-state index in [1.54, 1.807) is 45.6 Å². The monoisotopic (exact) mass is 350 g/mol. The third kappa shape index (κ3) is 4.32. The molecule has 0 N–H and O–H groups in total. The summed E-state index contributed by atoms with van der Waals surface area (Å²) in [6, 6.07) is 10.5. The predicted molar refractivity (Wildman–Crippen MR) is 91.5 cm³/mol. The minimum Gasteiger partial charge on any atom is -0.493 e. The molecule has 0 fully saturated rings. The molecule has 0 saturated heterocycles. The Kier molecular flexibility index (Phi) is 6.32. The number of rotatable bonds is 7. The largest absolute Gasteiger partial charge is 0.493 e. The Labute approximate surface area is 146 Å². The molecule has 5 nitrogen and oxygen atoms in total. The zero-order chi connectivity index (χ0) is 17.5. The Morgan fingerprint density at radius 3 is 2.12 bits per heavy atom. The van der Waals surface area contributed by atoms with Crippen LogP contribution in [0, 0.1) is 0 Å². The number of methoxy groups -OCH3 is 3. The number of carbonyl (C=O) groups excluding carboxylic acids is 1. The number of halogens is 1. The molecule has 0 amide bonds. The van der Waals surface area contributed by atoms with Crippen LogP contribution >= 0.6 is 11.6 Å². The van der Waals surface area contributed by atoms with E-state index in [9.17, 15) is 4.79 Å². The predicted octanol–water partition coefficient (Wildman–Crippen LogP) is 3.90. The number of benzene rings is 2. The number of carbonyl (C=O) groups is 1. The van der Waals surface area contributed by atoms with Crippen LogP contribution in [0.4, 0.5) is 0 Å². The number of esters is 1. The third-order valence-corrected chi connectivity index (χ3v) is 3.72. The lowest BCUT2D eigenvalue weighted by Crippen LogP contribution is -2.09.